The van der Waals surface area contributed by atoms with Crippen LogP contribution in [-0.2, 0) is 4.74 Å². The second kappa shape index (κ2) is 3.23. The molecule has 0 amide bonds. The minimum Gasteiger partial charge on any atom is -0.485 e. The van der Waals surface area contributed by atoms with Gasteiger partial charge in [-0.15, -0.1) is 0 Å². The summed E-state index contributed by atoms with van der Waals surface area (Å²) >= 11 is 0. The Hall–Kier alpha value is -1.56. The standard InChI is InChI=1S/C9H12N4O2/c10-8-7-9(12-5-11-8)13(1-2-15-7)6-3-14-4-6/h5-6H,1-4H2,(H2,10,11,12). The van der Waals surface area contributed by atoms with Gasteiger partial charge in [-0.05, 0) is 0 Å². The molecule has 1 fully saturated rings. The summed E-state index contributed by atoms with van der Waals surface area (Å²) in [6.07, 6.45) is 1.47. The Bertz CT molecular complexity index is 380. The van der Waals surface area contributed by atoms with E-state index in [1.807, 2.05) is 0 Å². The maximum Gasteiger partial charge on any atom is 0.204 e. The summed E-state index contributed by atoms with van der Waals surface area (Å²) in [5.74, 6) is 1.81. The molecule has 0 aromatic carbocycles. The summed E-state index contributed by atoms with van der Waals surface area (Å²) in [6, 6.07) is 0.405. The second-order valence-corrected chi connectivity index (χ2v) is 3.64. The molecule has 2 aliphatic heterocycles. The van der Waals surface area contributed by atoms with Crippen molar-refractivity contribution in [2.24, 2.45) is 0 Å². The van der Waals surface area contributed by atoms with Crippen molar-refractivity contribution in [1.82, 2.24) is 9.97 Å². The molecule has 0 saturated carbocycles. The summed E-state index contributed by atoms with van der Waals surface area (Å²) in [5.41, 5.74) is 5.73. The van der Waals surface area contributed by atoms with Crippen LogP contribution in [0.5, 0.6) is 5.75 Å². The summed E-state index contributed by atoms with van der Waals surface area (Å²) in [6.45, 7) is 2.96. The van der Waals surface area contributed by atoms with Gasteiger partial charge in [0.25, 0.3) is 0 Å². The number of ether oxygens (including phenoxy) is 2. The third-order valence-corrected chi connectivity index (χ3v) is 2.72. The zero-order valence-electron chi connectivity index (χ0n) is 8.22. The Balaban J connectivity index is 1.98. The molecular formula is C9H12N4O2. The van der Waals surface area contributed by atoms with Crippen LogP contribution in [0.2, 0.25) is 0 Å². The van der Waals surface area contributed by atoms with Crippen LogP contribution >= 0.6 is 0 Å². The van der Waals surface area contributed by atoms with Gasteiger partial charge in [0.15, 0.2) is 11.6 Å². The number of rotatable bonds is 1. The van der Waals surface area contributed by atoms with Crippen LogP contribution in [0.15, 0.2) is 6.33 Å². The molecule has 15 heavy (non-hydrogen) atoms. The molecule has 6 heteroatoms. The summed E-state index contributed by atoms with van der Waals surface area (Å²) in [7, 11) is 0. The Morgan fingerprint density at radius 2 is 2.27 bits per heavy atom. The van der Waals surface area contributed by atoms with E-state index in [2.05, 4.69) is 14.9 Å². The molecular weight excluding hydrogens is 196 g/mol. The van der Waals surface area contributed by atoms with Gasteiger partial charge in [0, 0.05) is 0 Å². The van der Waals surface area contributed by atoms with Crippen molar-refractivity contribution >= 4 is 11.6 Å². The Kier molecular flexibility index (Phi) is 1.88. The minimum absolute atomic E-state index is 0.405. The first-order valence-corrected chi connectivity index (χ1v) is 4.94. The lowest BCUT2D eigenvalue weighted by atomic mass is 10.2. The van der Waals surface area contributed by atoms with Crippen LogP contribution < -0.4 is 15.4 Å². The fraction of sp³-hybridized carbons (Fsp3) is 0.556. The number of aromatic nitrogens is 2. The van der Waals surface area contributed by atoms with E-state index in [1.54, 1.807) is 0 Å². The average molecular weight is 208 g/mol. The average Bonchev–Trinajstić information content (AvgIpc) is 2.17. The van der Waals surface area contributed by atoms with Crippen LogP contribution in [0, 0.1) is 0 Å². The highest BCUT2D eigenvalue weighted by Crippen LogP contribution is 2.35. The highest BCUT2D eigenvalue weighted by molar-refractivity contribution is 5.64. The maximum absolute atomic E-state index is 5.73. The molecule has 3 rings (SSSR count). The predicted molar refractivity (Wildman–Crippen MR) is 53.9 cm³/mol. The molecule has 2 aliphatic rings. The van der Waals surface area contributed by atoms with Crippen molar-refractivity contribution < 1.29 is 9.47 Å². The van der Waals surface area contributed by atoms with Crippen molar-refractivity contribution in [3.05, 3.63) is 6.33 Å². The number of nitrogens with zero attached hydrogens (tertiary/aromatic N) is 3. The predicted octanol–water partition coefficient (Wildman–Crippen LogP) is -0.344. The smallest absolute Gasteiger partial charge is 0.204 e. The van der Waals surface area contributed by atoms with E-state index in [0.717, 1.165) is 25.6 Å². The van der Waals surface area contributed by atoms with Crippen LogP contribution in [0.1, 0.15) is 0 Å². The number of nitrogen functional groups attached to an aromatic ring is 1. The minimum atomic E-state index is 0.405. The van der Waals surface area contributed by atoms with E-state index >= 15 is 0 Å². The third-order valence-electron chi connectivity index (χ3n) is 2.72. The highest BCUT2D eigenvalue weighted by Gasteiger charge is 2.32. The first-order chi connectivity index (χ1) is 7.36. The van der Waals surface area contributed by atoms with Gasteiger partial charge in [-0.1, -0.05) is 0 Å². The highest BCUT2D eigenvalue weighted by atomic mass is 16.5. The summed E-state index contributed by atoms with van der Waals surface area (Å²) in [4.78, 5) is 10.3. The molecule has 0 spiro atoms. The zero-order valence-corrected chi connectivity index (χ0v) is 8.22. The van der Waals surface area contributed by atoms with Crippen molar-refractivity contribution in [2.75, 3.05) is 37.0 Å². The van der Waals surface area contributed by atoms with E-state index < -0.39 is 0 Å². The van der Waals surface area contributed by atoms with Gasteiger partial charge in [0.2, 0.25) is 5.75 Å². The van der Waals surface area contributed by atoms with Crippen molar-refractivity contribution in [1.29, 1.82) is 0 Å². The number of hydrogen-bond acceptors (Lipinski definition) is 6. The van der Waals surface area contributed by atoms with Crippen LogP contribution in [0.4, 0.5) is 11.6 Å². The molecule has 1 aromatic heterocycles. The molecule has 0 unspecified atom stereocenters. The van der Waals surface area contributed by atoms with Gasteiger partial charge in [-0.2, -0.15) is 0 Å². The fourth-order valence-corrected chi connectivity index (χ4v) is 1.83. The lowest BCUT2D eigenvalue weighted by Gasteiger charge is -2.40. The molecule has 0 bridgehead atoms. The number of fused-ring (bicyclic) bond motifs is 1. The van der Waals surface area contributed by atoms with E-state index in [-0.39, 0.29) is 0 Å². The lowest BCUT2D eigenvalue weighted by molar-refractivity contribution is 0.00559. The second-order valence-electron chi connectivity index (χ2n) is 3.64. The molecule has 1 saturated heterocycles. The van der Waals surface area contributed by atoms with Crippen LogP contribution in [-0.4, -0.2) is 42.4 Å². The molecule has 0 atom stereocenters. The van der Waals surface area contributed by atoms with E-state index in [0.29, 0.717) is 24.2 Å². The Labute approximate surface area is 87.0 Å². The Morgan fingerprint density at radius 3 is 3.00 bits per heavy atom. The van der Waals surface area contributed by atoms with Gasteiger partial charge in [-0.3, -0.25) is 0 Å². The zero-order chi connectivity index (χ0) is 10.3. The fourth-order valence-electron chi connectivity index (χ4n) is 1.83. The Morgan fingerprint density at radius 1 is 1.40 bits per heavy atom. The molecule has 80 valence electrons. The van der Waals surface area contributed by atoms with E-state index in [4.69, 9.17) is 15.2 Å². The molecule has 0 radical (unpaired) electrons. The molecule has 0 aliphatic carbocycles. The monoisotopic (exact) mass is 208 g/mol. The van der Waals surface area contributed by atoms with Gasteiger partial charge < -0.3 is 20.1 Å². The van der Waals surface area contributed by atoms with Gasteiger partial charge in [0.05, 0.1) is 25.8 Å². The van der Waals surface area contributed by atoms with Crippen LogP contribution in [0.25, 0.3) is 0 Å². The van der Waals surface area contributed by atoms with Gasteiger partial charge >= 0.3 is 0 Å². The molecule has 6 nitrogen and oxygen atoms in total. The normalized spacial score (nSPS) is 20.4. The quantitative estimate of drug-likeness (QED) is 0.680. The largest absolute Gasteiger partial charge is 0.485 e. The van der Waals surface area contributed by atoms with Crippen molar-refractivity contribution in [2.45, 2.75) is 6.04 Å². The van der Waals surface area contributed by atoms with Crippen molar-refractivity contribution in [3.8, 4) is 5.75 Å². The van der Waals surface area contributed by atoms with Gasteiger partial charge in [-0.25, -0.2) is 9.97 Å². The van der Waals surface area contributed by atoms with Crippen LogP contribution in [0.3, 0.4) is 0 Å². The number of nitrogens with two attached hydrogens (primary N) is 1. The van der Waals surface area contributed by atoms with Gasteiger partial charge in [0.1, 0.15) is 12.9 Å². The lowest BCUT2D eigenvalue weighted by Crippen LogP contribution is -2.52. The van der Waals surface area contributed by atoms with E-state index in [1.165, 1.54) is 6.33 Å². The molecule has 1 aromatic rings. The summed E-state index contributed by atoms with van der Waals surface area (Å²) in [5, 5.41) is 0. The first-order valence-electron chi connectivity index (χ1n) is 4.94. The third kappa shape index (κ3) is 1.29. The number of anilines is 2. The van der Waals surface area contributed by atoms with E-state index in [9.17, 15) is 0 Å². The molecule has 2 N–H and O–H groups in total. The van der Waals surface area contributed by atoms with Crippen molar-refractivity contribution in [3.63, 3.8) is 0 Å². The molecule has 3 heterocycles. The first kappa shape index (κ1) is 8.72. The topological polar surface area (TPSA) is 73.5 Å². The SMILES string of the molecule is Nc1ncnc2c1OCCN2C1COC1. The summed E-state index contributed by atoms with van der Waals surface area (Å²) < 4.78 is 10.6. The maximum atomic E-state index is 5.73. The number of hydrogen-bond donors (Lipinski definition) is 1.